The van der Waals surface area contributed by atoms with E-state index in [9.17, 15) is 8.42 Å². The molecule has 2 atom stereocenters. The number of nitrogens with two attached hydrogens (primary N) is 1. The highest BCUT2D eigenvalue weighted by atomic mass is 32.2. The van der Waals surface area contributed by atoms with Crippen LogP contribution in [0.3, 0.4) is 0 Å². The van der Waals surface area contributed by atoms with Crippen molar-refractivity contribution < 1.29 is 8.42 Å². The average Bonchev–Trinajstić information content (AvgIpc) is 2.36. The minimum Gasteiger partial charge on any atom is -0.229 e. The van der Waals surface area contributed by atoms with Gasteiger partial charge in [0.2, 0.25) is 10.0 Å². The van der Waals surface area contributed by atoms with E-state index in [4.69, 9.17) is 5.14 Å². The van der Waals surface area contributed by atoms with Gasteiger partial charge in [0.15, 0.2) is 0 Å². The van der Waals surface area contributed by atoms with Crippen molar-refractivity contribution in [1.29, 1.82) is 0 Å². The van der Waals surface area contributed by atoms with Gasteiger partial charge >= 0.3 is 0 Å². The van der Waals surface area contributed by atoms with Crippen molar-refractivity contribution in [3.8, 4) is 0 Å². The largest absolute Gasteiger partial charge is 0.229 e. The molecule has 0 aromatic heterocycles. The zero-order valence-electron chi connectivity index (χ0n) is 6.36. The second-order valence-electron chi connectivity index (χ2n) is 3.92. The van der Waals surface area contributed by atoms with Crippen LogP contribution in [0.15, 0.2) is 0 Å². The monoisotopic (exact) mass is 175 g/mol. The lowest BCUT2D eigenvalue weighted by molar-refractivity contribution is 0.519. The molecular formula is C7H13NO2S. The molecular weight excluding hydrogens is 162 g/mol. The molecule has 0 amide bonds. The smallest absolute Gasteiger partial charge is 0.209 e. The molecule has 0 aromatic rings. The molecule has 0 radical (unpaired) electrons. The second kappa shape index (κ2) is 2.20. The SMILES string of the molecule is NS(=O)(=O)CC1CC2CC2C1. The van der Waals surface area contributed by atoms with E-state index in [1.807, 2.05) is 0 Å². The quantitative estimate of drug-likeness (QED) is 0.657. The summed E-state index contributed by atoms with van der Waals surface area (Å²) in [5.74, 6) is 2.28. The normalized spacial score (nSPS) is 42.1. The number of hydrogen-bond acceptors (Lipinski definition) is 2. The van der Waals surface area contributed by atoms with Crippen molar-refractivity contribution in [2.75, 3.05) is 5.75 Å². The Hall–Kier alpha value is -0.0900. The van der Waals surface area contributed by atoms with E-state index in [0.717, 1.165) is 24.7 Å². The van der Waals surface area contributed by atoms with Gasteiger partial charge in [-0.3, -0.25) is 0 Å². The Morgan fingerprint density at radius 1 is 1.18 bits per heavy atom. The number of rotatable bonds is 2. The molecule has 2 fully saturated rings. The summed E-state index contributed by atoms with van der Waals surface area (Å²) in [5, 5.41) is 4.95. The third kappa shape index (κ3) is 1.73. The summed E-state index contributed by atoms with van der Waals surface area (Å²) < 4.78 is 21.4. The van der Waals surface area contributed by atoms with Gasteiger partial charge in [-0.25, -0.2) is 13.6 Å². The third-order valence-electron chi connectivity index (χ3n) is 2.81. The lowest BCUT2D eigenvalue weighted by Crippen LogP contribution is -2.22. The first-order chi connectivity index (χ1) is 5.04. The van der Waals surface area contributed by atoms with Crippen molar-refractivity contribution in [1.82, 2.24) is 0 Å². The van der Waals surface area contributed by atoms with Crippen LogP contribution >= 0.6 is 0 Å². The second-order valence-corrected chi connectivity index (χ2v) is 5.58. The third-order valence-corrected chi connectivity index (χ3v) is 3.75. The number of hydrogen-bond donors (Lipinski definition) is 1. The van der Waals surface area contributed by atoms with Crippen LogP contribution in [0, 0.1) is 17.8 Å². The fraction of sp³-hybridized carbons (Fsp3) is 1.00. The van der Waals surface area contributed by atoms with Crippen LogP contribution < -0.4 is 5.14 Å². The number of fused-ring (bicyclic) bond motifs is 1. The molecule has 4 heteroatoms. The zero-order chi connectivity index (χ0) is 8.06. The first-order valence-corrected chi connectivity index (χ1v) is 5.76. The first kappa shape index (κ1) is 7.55. The first-order valence-electron chi connectivity index (χ1n) is 4.05. The van der Waals surface area contributed by atoms with E-state index in [1.54, 1.807) is 0 Å². The molecule has 2 unspecified atom stereocenters. The molecule has 0 aliphatic heterocycles. The highest BCUT2D eigenvalue weighted by Crippen LogP contribution is 2.54. The molecule has 2 aliphatic rings. The molecule has 0 aromatic carbocycles. The van der Waals surface area contributed by atoms with Crippen LogP contribution in [-0.2, 0) is 10.0 Å². The molecule has 3 nitrogen and oxygen atoms in total. The summed E-state index contributed by atoms with van der Waals surface area (Å²) >= 11 is 0. The van der Waals surface area contributed by atoms with Crippen LogP contribution in [0.4, 0.5) is 0 Å². The van der Waals surface area contributed by atoms with Gasteiger partial charge in [-0.05, 0) is 37.0 Å². The van der Waals surface area contributed by atoms with E-state index >= 15 is 0 Å². The lowest BCUT2D eigenvalue weighted by atomic mass is 10.1. The molecule has 0 heterocycles. The van der Waals surface area contributed by atoms with Gasteiger partial charge in [0.05, 0.1) is 5.75 Å². The summed E-state index contributed by atoms with van der Waals surface area (Å²) in [6.07, 6.45) is 3.53. The van der Waals surface area contributed by atoms with Gasteiger partial charge in [0.1, 0.15) is 0 Å². The lowest BCUT2D eigenvalue weighted by Gasteiger charge is -2.08. The van der Waals surface area contributed by atoms with Crippen molar-refractivity contribution in [3.63, 3.8) is 0 Å². The average molecular weight is 175 g/mol. The molecule has 0 saturated heterocycles. The van der Waals surface area contributed by atoms with Gasteiger partial charge in [0, 0.05) is 0 Å². The molecule has 2 rings (SSSR count). The van der Waals surface area contributed by atoms with Crippen LogP contribution in [0.1, 0.15) is 19.3 Å². The Bertz CT molecular complexity index is 250. The fourth-order valence-electron chi connectivity index (χ4n) is 2.30. The van der Waals surface area contributed by atoms with Crippen molar-refractivity contribution in [2.45, 2.75) is 19.3 Å². The van der Waals surface area contributed by atoms with Crippen molar-refractivity contribution in [3.05, 3.63) is 0 Å². The Balaban J connectivity index is 1.89. The molecule has 64 valence electrons. The predicted octanol–water partition coefficient (Wildman–Crippen LogP) is 0.321. The topological polar surface area (TPSA) is 60.2 Å². The molecule has 2 aliphatic carbocycles. The van der Waals surface area contributed by atoms with Crippen LogP contribution in [-0.4, -0.2) is 14.2 Å². The Morgan fingerprint density at radius 3 is 2.18 bits per heavy atom. The van der Waals surface area contributed by atoms with Crippen LogP contribution in [0.5, 0.6) is 0 Å². The van der Waals surface area contributed by atoms with Crippen molar-refractivity contribution >= 4 is 10.0 Å². The summed E-state index contributed by atoms with van der Waals surface area (Å²) in [6, 6.07) is 0. The molecule has 2 N–H and O–H groups in total. The molecule has 0 spiro atoms. The van der Waals surface area contributed by atoms with Crippen LogP contribution in [0.25, 0.3) is 0 Å². The fourth-order valence-corrected chi connectivity index (χ4v) is 3.23. The number of sulfonamides is 1. The summed E-state index contributed by atoms with van der Waals surface area (Å²) in [6.45, 7) is 0. The van der Waals surface area contributed by atoms with Gasteiger partial charge in [0.25, 0.3) is 0 Å². The summed E-state index contributed by atoms with van der Waals surface area (Å²) in [7, 11) is -3.21. The Labute approximate surface area is 67.0 Å². The Morgan fingerprint density at radius 2 is 1.73 bits per heavy atom. The van der Waals surface area contributed by atoms with E-state index < -0.39 is 10.0 Å². The van der Waals surface area contributed by atoms with E-state index in [2.05, 4.69) is 0 Å². The minimum absolute atomic E-state index is 0.208. The maximum Gasteiger partial charge on any atom is 0.209 e. The minimum atomic E-state index is -3.21. The maximum atomic E-state index is 10.7. The van der Waals surface area contributed by atoms with Gasteiger partial charge in [-0.2, -0.15) is 0 Å². The van der Waals surface area contributed by atoms with Gasteiger partial charge in [-0.1, -0.05) is 0 Å². The predicted molar refractivity (Wildman–Crippen MR) is 42.3 cm³/mol. The van der Waals surface area contributed by atoms with Gasteiger partial charge in [-0.15, -0.1) is 0 Å². The zero-order valence-corrected chi connectivity index (χ0v) is 7.18. The van der Waals surface area contributed by atoms with Crippen LogP contribution in [0.2, 0.25) is 0 Å². The molecule has 0 bridgehead atoms. The van der Waals surface area contributed by atoms with E-state index in [0.29, 0.717) is 5.92 Å². The van der Waals surface area contributed by atoms with Gasteiger partial charge < -0.3 is 0 Å². The molecule has 11 heavy (non-hydrogen) atoms. The maximum absolute atomic E-state index is 10.7. The Kier molecular flexibility index (Phi) is 1.51. The van der Waals surface area contributed by atoms with Crippen molar-refractivity contribution in [2.24, 2.45) is 22.9 Å². The summed E-state index contributed by atoms with van der Waals surface area (Å²) in [5.41, 5.74) is 0. The highest BCUT2D eigenvalue weighted by Gasteiger charge is 2.46. The molecule has 2 saturated carbocycles. The number of primary sulfonamides is 1. The van der Waals surface area contributed by atoms with E-state index in [-0.39, 0.29) is 5.75 Å². The van der Waals surface area contributed by atoms with E-state index in [1.165, 1.54) is 6.42 Å². The highest BCUT2D eigenvalue weighted by molar-refractivity contribution is 7.89. The summed E-state index contributed by atoms with van der Waals surface area (Å²) in [4.78, 5) is 0. The standard InChI is InChI=1S/C7H13NO2S/c8-11(9,10)4-5-1-6-3-7(6)2-5/h5-7H,1-4H2,(H2,8,9,10).